The van der Waals surface area contributed by atoms with E-state index in [-0.39, 0.29) is 3.23 Å². The molecule has 0 spiro atoms. The van der Waals surface area contributed by atoms with Gasteiger partial charge >= 0.3 is 0 Å². The first-order valence-corrected chi connectivity index (χ1v) is 6.92. The molecule has 0 unspecified atom stereocenters. The largest absolute Gasteiger partial charge is 0.102 e. The monoisotopic (exact) mass is 340 g/mol. The van der Waals surface area contributed by atoms with E-state index in [1.165, 1.54) is 22.3 Å². The summed E-state index contributed by atoms with van der Waals surface area (Å²) in [5.74, 6) is 0. The van der Waals surface area contributed by atoms with Crippen LogP contribution < -0.4 is 0 Å². The van der Waals surface area contributed by atoms with Gasteiger partial charge in [-0.1, -0.05) is 68.3 Å². The van der Waals surface area contributed by atoms with Gasteiger partial charge < -0.3 is 0 Å². The standard InChI is InChI=1S/C14H14Br2/c1-10-4-3-5-13(11(10)2)12-6-8-14(15,16)9-7-12/h3-8H,9H2,1-2H3. The third-order valence-corrected chi connectivity index (χ3v) is 4.19. The number of alkyl halides is 2. The lowest BCUT2D eigenvalue weighted by molar-refractivity contribution is 1.03. The van der Waals surface area contributed by atoms with Gasteiger partial charge in [-0.25, -0.2) is 0 Å². The fraction of sp³-hybridized carbons (Fsp3) is 0.286. The van der Waals surface area contributed by atoms with Gasteiger partial charge in [-0.3, -0.25) is 0 Å². The zero-order valence-electron chi connectivity index (χ0n) is 9.43. The Morgan fingerprint density at radius 1 is 1.19 bits per heavy atom. The quantitative estimate of drug-likeness (QED) is 0.621. The molecule has 0 atom stereocenters. The lowest BCUT2D eigenvalue weighted by Crippen LogP contribution is -2.08. The molecule has 0 aromatic heterocycles. The van der Waals surface area contributed by atoms with Crippen molar-refractivity contribution in [3.05, 3.63) is 53.1 Å². The Hall–Kier alpha value is -0.340. The molecule has 1 aliphatic carbocycles. The van der Waals surface area contributed by atoms with Gasteiger partial charge in [0.25, 0.3) is 0 Å². The number of allylic oxidation sites excluding steroid dienone is 4. The van der Waals surface area contributed by atoms with Crippen LogP contribution in [0.4, 0.5) is 0 Å². The van der Waals surface area contributed by atoms with Crippen LogP contribution in [-0.4, -0.2) is 3.23 Å². The zero-order valence-corrected chi connectivity index (χ0v) is 12.6. The van der Waals surface area contributed by atoms with Gasteiger partial charge in [0.05, 0.1) is 0 Å². The van der Waals surface area contributed by atoms with Crippen molar-refractivity contribution in [3.8, 4) is 0 Å². The van der Waals surface area contributed by atoms with Crippen LogP contribution >= 0.6 is 31.9 Å². The van der Waals surface area contributed by atoms with Gasteiger partial charge in [0, 0.05) is 0 Å². The van der Waals surface area contributed by atoms with Gasteiger partial charge in [0.2, 0.25) is 0 Å². The average Bonchev–Trinajstić information content (AvgIpc) is 2.23. The van der Waals surface area contributed by atoms with Crippen LogP contribution in [0, 0.1) is 13.8 Å². The van der Waals surface area contributed by atoms with E-state index in [0.29, 0.717) is 0 Å². The average molecular weight is 342 g/mol. The molecule has 1 aromatic rings. The molecule has 0 radical (unpaired) electrons. The summed E-state index contributed by atoms with van der Waals surface area (Å²) in [6.45, 7) is 4.34. The minimum Gasteiger partial charge on any atom is -0.0741 e. The van der Waals surface area contributed by atoms with Crippen LogP contribution in [0.2, 0.25) is 0 Å². The van der Waals surface area contributed by atoms with Crippen molar-refractivity contribution in [2.24, 2.45) is 0 Å². The van der Waals surface area contributed by atoms with Gasteiger partial charge in [-0.15, -0.1) is 0 Å². The fourth-order valence-corrected chi connectivity index (χ4v) is 2.45. The number of hydrogen-bond donors (Lipinski definition) is 0. The van der Waals surface area contributed by atoms with Crippen LogP contribution in [0.3, 0.4) is 0 Å². The van der Waals surface area contributed by atoms with Crippen LogP contribution in [0.5, 0.6) is 0 Å². The summed E-state index contributed by atoms with van der Waals surface area (Å²) in [5, 5.41) is 0. The predicted octanol–water partition coefficient (Wildman–Crippen LogP) is 5.13. The molecular weight excluding hydrogens is 328 g/mol. The van der Waals surface area contributed by atoms with E-state index >= 15 is 0 Å². The lowest BCUT2D eigenvalue weighted by Gasteiger charge is -2.20. The molecule has 0 nitrogen and oxygen atoms in total. The van der Waals surface area contributed by atoms with Gasteiger partial charge in [-0.2, -0.15) is 0 Å². The van der Waals surface area contributed by atoms with Crippen LogP contribution in [0.1, 0.15) is 23.1 Å². The van der Waals surface area contributed by atoms with Crippen LogP contribution in [0.15, 0.2) is 36.4 Å². The highest BCUT2D eigenvalue weighted by atomic mass is 79.9. The molecule has 0 amide bonds. The first kappa shape index (κ1) is 12.1. The number of rotatable bonds is 1. The maximum atomic E-state index is 3.61. The van der Waals surface area contributed by atoms with Crippen molar-refractivity contribution in [3.63, 3.8) is 0 Å². The Labute approximate surface area is 114 Å². The fourth-order valence-electron chi connectivity index (χ4n) is 1.86. The van der Waals surface area contributed by atoms with Gasteiger partial charge in [-0.05, 0) is 42.5 Å². The van der Waals surface area contributed by atoms with E-state index in [0.717, 1.165) is 6.42 Å². The van der Waals surface area contributed by atoms with E-state index < -0.39 is 0 Å². The number of aryl methyl sites for hydroxylation is 1. The second kappa shape index (κ2) is 4.50. The minimum atomic E-state index is -0.0543. The molecule has 0 aliphatic heterocycles. The summed E-state index contributed by atoms with van der Waals surface area (Å²) in [5.41, 5.74) is 5.37. The molecule has 16 heavy (non-hydrogen) atoms. The second-order valence-electron chi connectivity index (χ2n) is 4.21. The molecular formula is C14H14Br2. The highest BCUT2D eigenvalue weighted by molar-refractivity contribution is 9.25. The molecule has 84 valence electrons. The lowest BCUT2D eigenvalue weighted by atomic mass is 9.93. The van der Waals surface area contributed by atoms with Crippen molar-refractivity contribution in [1.82, 2.24) is 0 Å². The van der Waals surface area contributed by atoms with Crippen molar-refractivity contribution >= 4 is 37.4 Å². The van der Waals surface area contributed by atoms with Gasteiger partial charge in [0.1, 0.15) is 3.23 Å². The molecule has 0 saturated heterocycles. The summed E-state index contributed by atoms with van der Waals surface area (Å²) >= 11 is 7.22. The summed E-state index contributed by atoms with van der Waals surface area (Å²) < 4.78 is -0.0543. The Bertz CT molecular complexity index is 468. The summed E-state index contributed by atoms with van der Waals surface area (Å²) in [6.07, 6.45) is 7.57. The van der Waals surface area contributed by atoms with E-state index in [9.17, 15) is 0 Å². The Balaban J connectivity index is 2.38. The number of hydrogen-bond acceptors (Lipinski definition) is 0. The molecule has 1 aromatic carbocycles. The van der Waals surface area contributed by atoms with E-state index in [1.807, 2.05) is 0 Å². The summed E-state index contributed by atoms with van der Waals surface area (Å²) in [4.78, 5) is 0. The first-order chi connectivity index (χ1) is 7.49. The van der Waals surface area contributed by atoms with E-state index in [1.54, 1.807) is 0 Å². The smallest absolute Gasteiger partial charge is 0.0741 e. The highest BCUT2D eigenvalue weighted by Gasteiger charge is 2.21. The molecule has 0 N–H and O–H groups in total. The highest BCUT2D eigenvalue weighted by Crippen LogP contribution is 2.38. The van der Waals surface area contributed by atoms with Gasteiger partial charge in [0.15, 0.2) is 0 Å². The predicted molar refractivity (Wildman–Crippen MR) is 78.2 cm³/mol. The Morgan fingerprint density at radius 2 is 1.94 bits per heavy atom. The van der Waals surface area contributed by atoms with E-state index in [4.69, 9.17) is 0 Å². The Kier molecular flexibility index (Phi) is 3.41. The topological polar surface area (TPSA) is 0 Å². The minimum absolute atomic E-state index is 0.0543. The molecule has 0 saturated carbocycles. The third-order valence-electron chi connectivity index (χ3n) is 3.02. The molecule has 2 rings (SSSR count). The Morgan fingerprint density at radius 3 is 2.56 bits per heavy atom. The zero-order chi connectivity index (χ0) is 11.8. The van der Waals surface area contributed by atoms with Crippen molar-refractivity contribution in [2.75, 3.05) is 0 Å². The van der Waals surface area contributed by atoms with E-state index in [2.05, 4.69) is 82.1 Å². The third kappa shape index (κ3) is 2.49. The normalized spacial score (nSPS) is 18.4. The summed E-state index contributed by atoms with van der Waals surface area (Å²) in [6, 6.07) is 6.47. The summed E-state index contributed by atoms with van der Waals surface area (Å²) in [7, 11) is 0. The maximum absolute atomic E-state index is 3.61. The molecule has 0 heterocycles. The molecule has 2 heteroatoms. The number of benzene rings is 1. The SMILES string of the molecule is Cc1cccc(C2=CCC(Br)(Br)C=C2)c1C. The first-order valence-electron chi connectivity index (χ1n) is 5.33. The van der Waals surface area contributed by atoms with Crippen molar-refractivity contribution < 1.29 is 0 Å². The number of halogens is 2. The van der Waals surface area contributed by atoms with Crippen molar-refractivity contribution in [2.45, 2.75) is 23.5 Å². The van der Waals surface area contributed by atoms with Crippen LogP contribution in [-0.2, 0) is 0 Å². The molecule has 0 bridgehead atoms. The molecule has 1 aliphatic rings. The maximum Gasteiger partial charge on any atom is 0.102 e. The second-order valence-corrected chi connectivity index (χ2v) is 8.10. The van der Waals surface area contributed by atoms with Crippen LogP contribution in [0.25, 0.3) is 5.57 Å². The van der Waals surface area contributed by atoms with Crippen molar-refractivity contribution in [1.29, 1.82) is 0 Å². The molecule has 0 fully saturated rings.